The molecular formula is C16H28ClN5O2. The number of carbonyl (C=O) groups excluding carboxylic acids is 1. The number of nitrogens with one attached hydrogen (secondary N) is 3. The van der Waals surface area contributed by atoms with Crippen molar-refractivity contribution < 1.29 is 4.79 Å². The summed E-state index contributed by atoms with van der Waals surface area (Å²) >= 11 is 0. The van der Waals surface area contributed by atoms with E-state index in [-0.39, 0.29) is 23.9 Å². The largest absolute Gasteiger partial charge is 0.352 e. The van der Waals surface area contributed by atoms with Crippen molar-refractivity contribution in [3.63, 3.8) is 0 Å². The Kier molecular flexibility index (Phi) is 8.95. The van der Waals surface area contributed by atoms with Crippen molar-refractivity contribution >= 4 is 18.3 Å². The number of H-pyrrole nitrogens is 1. The summed E-state index contributed by atoms with van der Waals surface area (Å²) in [6.45, 7) is 9.61. The van der Waals surface area contributed by atoms with Gasteiger partial charge in [0.05, 0.1) is 5.69 Å². The highest BCUT2D eigenvalue weighted by Crippen LogP contribution is 2.10. The van der Waals surface area contributed by atoms with Crippen LogP contribution in [-0.2, 0) is 12.8 Å². The lowest BCUT2D eigenvalue weighted by molar-refractivity contribution is 0.0948. The monoisotopic (exact) mass is 357 g/mol. The van der Waals surface area contributed by atoms with E-state index in [9.17, 15) is 9.59 Å². The Labute approximate surface area is 149 Å². The molecule has 8 heteroatoms. The first-order valence-corrected chi connectivity index (χ1v) is 8.49. The number of nitrogens with zero attached hydrogens (tertiary/aromatic N) is 2. The van der Waals surface area contributed by atoms with Crippen LogP contribution < -0.4 is 16.2 Å². The number of carbonyl (C=O) groups is 1. The smallest absolute Gasteiger partial charge is 0.277 e. The Bertz CT molecular complexity index is 584. The average molecular weight is 358 g/mol. The molecule has 0 bridgehead atoms. The summed E-state index contributed by atoms with van der Waals surface area (Å²) in [4.78, 5) is 26.8. The Morgan fingerprint density at radius 2 is 1.96 bits per heavy atom. The van der Waals surface area contributed by atoms with Gasteiger partial charge in [-0.3, -0.25) is 9.59 Å². The van der Waals surface area contributed by atoms with Gasteiger partial charge in [0.2, 0.25) is 0 Å². The molecule has 2 rings (SSSR count). The highest BCUT2D eigenvalue weighted by atomic mass is 35.5. The van der Waals surface area contributed by atoms with Gasteiger partial charge in [0.1, 0.15) is 5.56 Å². The van der Waals surface area contributed by atoms with Crippen molar-refractivity contribution in [1.29, 1.82) is 0 Å². The normalized spacial score (nSPS) is 14.9. The summed E-state index contributed by atoms with van der Waals surface area (Å²) in [5.74, 6) is -0.291. The molecule has 0 unspecified atom stereocenters. The molecule has 7 nitrogen and oxygen atoms in total. The van der Waals surface area contributed by atoms with Crippen LogP contribution in [0, 0.1) is 0 Å². The fourth-order valence-electron chi connectivity index (χ4n) is 2.96. The third-order valence-electron chi connectivity index (χ3n) is 4.23. The third-order valence-corrected chi connectivity index (χ3v) is 4.23. The van der Waals surface area contributed by atoms with E-state index in [1.807, 2.05) is 13.8 Å². The molecule has 0 spiro atoms. The highest BCUT2D eigenvalue weighted by molar-refractivity contribution is 5.95. The van der Waals surface area contributed by atoms with Crippen LogP contribution in [0.3, 0.4) is 0 Å². The molecule has 1 aromatic heterocycles. The number of piperazine rings is 1. The van der Waals surface area contributed by atoms with Crippen molar-refractivity contribution in [3.05, 3.63) is 27.2 Å². The van der Waals surface area contributed by atoms with Gasteiger partial charge in [-0.2, -0.15) is 5.10 Å². The predicted molar refractivity (Wildman–Crippen MR) is 97.1 cm³/mol. The molecule has 1 saturated heterocycles. The van der Waals surface area contributed by atoms with E-state index < -0.39 is 5.56 Å². The summed E-state index contributed by atoms with van der Waals surface area (Å²) in [5.41, 5.74) is 1.37. The lowest BCUT2D eigenvalue weighted by Crippen LogP contribution is -2.44. The first-order chi connectivity index (χ1) is 11.2. The van der Waals surface area contributed by atoms with Crippen LogP contribution >= 0.6 is 12.4 Å². The molecular weight excluding hydrogens is 330 g/mol. The Morgan fingerprint density at radius 1 is 1.25 bits per heavy atom. The second kappa shape index (κ2) is 10.4. The zero-order chi connectivity index (χ0) is 16.7. The van der Waals surface area contributed by atoms with Gasteiger partial charge in [-0.25, -0.2) is 5.10 Å². The van der Waals surface area contributed by atoms with E-state index in [2.05, 4.69) is 25.7 Å². The van der Waals surface area contributed by atoms with E-state index in [4.69, 9.17) is 0 Å². The number of halogens is 1. The molecule has 0 aliphatic carbocycles. The fraction of sp³-hybridized carbons (Fsp3) is 0.688. The van der Waals surface area contributed by atoms with Crippen molar-refractivity contribution in [2.24, 2.45) is 0 Å². The van der Waals surface area contributed by atoms with Gasteiger partial charge >= 0.3 is 0 Å². The van der Waals surface area contributed by atoms with Crippen LogP contribution in [0.15, 0.2) is 4.79 Å². The predicted octanol–water partition coefficient (Wildman–Crippen LogP) is 0.342. The molecule has 136 valence electrons. The van der Waals surface area contributed by atoms with Crippen LogP contribution in [0.1, 0.15) is 41.9 Å². The standard InChI is InChI=1S/C16H27N5O2.ClH/c1-3-12-13(4-2)19-20-16(23)14(12)15(22)18-6-5-9-21-10-7-17-8-11-21;/h17H,3-11H2,1-2H3,(H,18,22)(H,20,23);1H. The summed E-state index contributed by atoms with van der Waals surface area (Å²) < 4.78 is 0. The van der Waals surface area contributed by atoms with Crippen molar-refractivity contribution in [1.82, 2.24) is 25.7 Å². The lowest BCUT2D eigenvalue weighted by Gasteiger charge is -2.27. The maximum Gasteiger partial charge on any atom is 0.277 e. The van der Waals surface area contributed by atoms with Gasteiger partial charge in [-0.05, 0) is 31.4 Å². The van der Waals surface area contributed by atoms with Gasteiger partial charge in [-0.1, -0.05) is 13.8 Å². The van der Waals surface area contributed by atoms with Gasteiger partial charge < -0.3 is 15.5 Å². The zero-order valence-electron chi connectivity index (χ0n) is 14.5. The SMILES string of the molecule is CCc1n[nH]c(=O)c(C(=O)NCCCN2CCNCC2)c1CC.Cl. The maximum atomic E-state index is 12.4. The van der Waals surface area contributed by atoms with Crippen molar-refractivity contribution in [2.45, 2.75) is 33.1 Å². The maximum absolute atomic E-state index is 12.4. The molecule has 0 radical (unpaired) electrons. The summed E-state index contributed by atoms with van der Waals surface area (Å²) in [6, 6.07) is 0. The number of rotatable bonds is 7. The van der Waals surface area contributed by atoms with Gasteiger partial charge in [0, 0.05) is 32.7 Å². The fourth-order valence-corrected chi connectivity index (χ4v) is 2.96. The van der Waals surface area contributed by atoms with Gasteiger partial charge in [-0.15, -0.1) is 12.4 Å². The molecule has 1 aliphatic rings. The van der Waals surface area contributed by atoms with E-state index >= 15 is 0 Å². The molecule has 1 aromatic rings. The molecule has 0 aromatic carbocycles. The minimum absolute atomic E-state index is 0. The van der Waals surface area contributed by atoms with Crippen LogP contribution in [-0.4, -0.2) is 60.3 Å². The molecule has 3 N–H and O–H groups in total. The van der Waals surface area contributed by atoms with Crippen LogP contribution in [0.5, 0.6) is 0 Å². The van der Waals surface area contributed by atoms with Crippen LogP contribution in [0.25, 0.3) is 0 Å². The van der Waals surface area contributed by atoms with Crippen molar-refractivity contribution in [2.75, 3.05) is 39.3 Å². The molecule has 2 heterocycles. The number of amides is 1. The average Bonchev–Trinajstić information content (AvgIpc) is 2.59. The minimum Gasteiger partial charge on any atom is -0.352 e. The molecule has 0 saturated carbocycles. The number of aryl methyl sites for hydroxylation is 1. The Hall–Kier alpha value is -1.44. The zero-order valence-corrected chi connectivity index (χ0v) is 15.3. The minimum atomic E-state index is -0.404. The number of aromatic amines is 1. The molecule has 1 fully saturated rings. The number of hydrogen-bond acceptors (Lipinski definition) is 5. The quantitative estimate of drug-likeness (QED) is 0.612. The summed E-state index contributed by atoms with van der Waals surface area (Å²) in [5, 5.41) is 12.7. The topological polar surface area (TPSA) is 90.1 Å². The second-order valence-electron chi connectivity index (χ2n) is 5.76. The number of aromatic nitrogens is 2. The van der Waals surface area contributed by atoms with Crippen LogP contribution in [0.2, 0.25) is 0 Å². The first-order valence-electron chi connectivity index (χ1n) is 8.49. The molecule has 24 heavy (non-hydrogen) atoms. The van der Waals surface area contributed by atoms with E-state index in [0.29, 0.717) is 19.4 Å². The van der Waals surface area contributed by atoms with E-state index in [0.717, 1.165) is 50.4 Å². The second-order valence-corrected chi connectivity index (χ2v) is 5.76. The lowest BCUT2D eigenvalue weighted by atomic mass is 10.0. The van der Waals surface area contributed by atoms with E-state index in [1.165, 1.54) is 0 Å². The third kappa shape index (κ3) is 5.29. The van der Waals surface area contributed by atoms with Gasteiger partial charge in [0.25, 0.3) is 11.5 Å². The Morgan fingerprint density at radius 3 is 2.58 bits per heavy atom. The first kappa shape index (κ1) is 20.6. The molecule has 0 atom stereocenters. The van der Waals surface area contributed by atoms with Crippen LogP contribution in [0.4, 0.5) is 0 Å². The summed E-state index contributed by atoms with van der Waals surface area (Å²) in [6.07, 6.45) is 2.21. The number of hydrogen-bond donors (Lipinski definition) is 3. The molecule has 1 aliphatic heterocycles. The van der Waals surface area contributed by atoms with E-state index in [1.54, 1.807) is 0 Å². The van der Waals surface area contributed by atoms with Gasteiger partial charge in [0.15, 0.2) is 0 Å². The highest BCUT2D eigenvalue weighted by Gasteiger charge is 2.18. The Balaban J connectivity index is 0.00000288. The van der Waals surface area contributed by atoms with Crippen molar-refractivity contribution in [3.8, 4) is 0 Å². The summed E-state index contributed by atoms with van der Waals surface area (Å²) in [7, 11) is 0. The molecule has 1 amide bonds.